The third kappa shape index (κ3) is 1.46. The van der Waals surface area contributed by atoms with Crippen LogP contribution in [0, 0.1) is 0 Å². The summed E-state index contributed by atoms with van der Waals surface area (Å²) in [5.74, 6) is 0. The normalized spacial score (nSPS) is 30.4. The van der Waals surface area contributed by atoms with Crippen molar-refractivity contribution in [1.29, 1.82) is 0 Å². The lowest BCUT2D eigenvalue weighted by molar-refractivity contribution is 0.363. The van der Waals surface area contributed by atoms with Crippen LogP contribution in [0.2, 0.25) is 0 Å². The molecule has 1 unspecified atom stereocenters. The van der Waals surface area contributed by atoms with Crippen LogP contribution in [0.5, 0.6) is 0 Å². The van der Waals surface area contributed by atoms with Gasteiger partial charge in [0.15, 0.2) is 0 Å². The fourth-order valence-electron chi connectivity index (χ4n) is 1.10. The van der Waals surface area contributed by atoms with Crippen molar-refractivity contribution >= 4 is 0 Å². The fraction of sp³-hybridized carbons (Fsp3) is 1.00. The van der Waals surface area contributed by atoms with E-state index >= 15 is 0 Å². The third-order valence-corrected chi connectivity index (χ3v) is 1.66. The van der Waals surface area contributed by atoms with Crippen molar-refractivity contribution in [1.82, 2.24) is 10.6 Å². The van der Waals surface area contributed by atoms with Crippen LogP contribution in [0.4, 0.5) is 0 Å². The second-order valence-corrected chi connectivity index (χ2v) is 2.29. The lowest BCUT2D eigenvalue weighted by atomic mass is 10.1. The predicted octanol–water partition coefficient (Wildman–Crippen LogP) is 0.305. The van der Waals surface area contributed by atoms with Gasteiger partial charge in [0.1, 0.15) is 0 Å². The van der Waals surface area contributed by atoms with Crippen LogP contribution >= 0.6 is 0 Å². The first-order chi connectivity index (χ1) is 3.93. The van der Waals surface area contributed by atoms with Crippen LogP contribution in [-0.4, -0.2) is 19.8 Å². The van der Waals surface area contributed by atoms with Crippen molar-refractivity contribution in [2.45, 2.75) is 25.4 Å². The first-order valence-electron chi connectivity index (χ1n) is 3.34. The Morgan fingerprint density at radius 2 is 2.38 bits per heavy atom. The highest BCUT2D eigenvalue weighted by Crippen LogP contribution is 2.02. The Labute approximate surface area is 50.7 Å². The van der Waals surface area contributed by atoms with Gasteiger partial charge in [-0.2, -0.15) is 0 Å². The van der Waals surface area contributed by atoms with Gasteiger partial charge in [0, 0.05) is 0 Å². The highest BCUT2D eigenvalue weighted by molar-refractivity contribution is 4.67. The van der Waals surface area contributed by atoms with Crippen LogP contribution in [0.15, 0.2) is 0 Å². The quantitative estimate of drug-likeness (QED) is 0.512. The molecule has 1 aliphatic heterocycles. The number of hydrogen-bond donors (Lipinski definition) is 2. The number of piperidine rings is 1. The van der Waals surface area contributed by atoms with Gasteiger partial charge in [-0.3, -0.25) is 0 Å². The summed E-state index contributed by atoms with van der Waals surface area (Å²) in [4.78, 5) is 0. The van der Waals surface area contributed by atoms with Gasteiger partial charge >= 0.3 is 0 Å². The van der Waals surface area contributed by atoms with E-state index < -0.39 is 0 Å². The van der Waals surface area contributed by atoms with Gasteiger partial charge in [-0.15, -0.1) is 0 Å². The summed E-state index contributed by atoms with van der Waals surface area (Å²) in [5, 5.41) is 6.55. The Balaban J connectivity index is 2.13. The molecule has 2 heteroatoms. The molecule has 0 aromatic rings. The summed E-state index contributed by atoms with van der Waals surface area (Å²) in [6, 6.07) is 0. The smallest absolute Gasteiger partial charge is 0.0569 e. The summed E-state index contributed by atoms with van der Waals surface area (Å²) in [7, 11) is 2.00. The summed E-state index contributed by atoms with van der Waals surface area (Å²) in [5.41, 5.74) is 0. The highest BCUT2D eigenvalue weighted by Gasteiger charge is 2.07. The largest absolute Gasteiger partial charge is 0.305 e. The molecule has 0 bridgehead atoms. The first-order valence-corrected chi connectivity index (χ1v) is 3.34. The monoisotopic (exact) mass is 114 g/mol. The van der Waals surface area contributed by atoms with Crippen LogP contribution in [0.3, 0.4) is 0 Å². The lowest BCUT2D eigenvalue weighted by Gasteiger charge is -2.22. The van der Waals surface area contributed by atoms with Crippen LogP contribution in [-0.2, 0) is 0 Å². The van der Waals surface area contributed by atoms with E-state index in [0.29, 0.717) is 6.17 Å². The molecule has 2 nitrogen and oxygen atoms in total. The van der Waals surface area contributed by atoms with Crippen molar-refractivity contribution in [2.24, 2.45) is 0 Å². The molecule has 1 fully saturated rings. The second kappa shape index (κ2) is 3.05. The van der Waals surface area contributed by atoms with Crippen LogP contribution < -0.4 is 10.6 Å². The van der Waals surface area contributed by atoms with Crippen molar-refractivity contribution in [3.63, 3.8) is 0 Å². The molecule has 2 N–H and O–H groups in total. The van der Waals surface area contributed by atoms with Crippen LogP contribution in [0.25, 0.3) is 0 Å². The minimum atomic E-state index is 0.587. The maximum atomic E-state index is 3.36. The van der Waals surface area contributed by atoms with Crippen LogP contribution in [0.1, 0.15) is 19.3 Å². The molecule has 8 heavy (non-hydrogen) atoms. The zero-order valence-electron chi connectivity index (χ0n) is 5.41. The van der Waals surface area contributed by atoms with E-state index in [1.807, 2.05) is 7.05 Å². The Hall–Kier alpha value is -0.0800. The molecule has 48 valence electrons. The Bertz CT molecular complexity index is 57.5. The maximum absolute atomic E-state index is 3.36. The van der Waals surface area contributed by atoms with E-state index in [2.05, 4.69) is 10.6 Å². The Morgan fingerprint density at radius 3 is 2.75 bits per heavy atom. The molecule has 0 saturated carbocycles. The zero-order chi connectivity index (χ0) is 5.82. The number of hydrogen-bond acceptors (Lipinski definition) is 2. The average Bonchev–Trinajstić information content (AvgIpc) is 1.90. The van der Waals surface area contributed by atoms with Gasteiger partial charge in [-0.05, 0) is 32.9 Å². The van der Waals surface area contributed by atoms with E-state index in [-0.39, 0.29) is 0 Å². The van der Waals surface area contributed by atoms with Crippen molar-refractivity contribution < 1.29 is 0 Å². The van der Waals surface area contributed by atoms with Crippen molar-refractivity contribution in [3.05, 3.63) is 0 Å². The molecule has 0 aromatic carbocycles. The van der Waals surface area contributed by atoms with E-state index in [9.17, 15) is 0 Å². The van der Waals surface area contributed by atoms with Gasteiger partial charge in [0.05, 0.1) is 6.17 Å². The highest BCUT2D eigenvalue weighted by atomic mass is 15.1. The van der Waals surface area contributed by atoms with Gasteiger partial charge in [-0.1, -0.05) is 0 Å². The third-order valence-electron chi connectivity index (χ3n) is 1.66. The minimum Gasteiger partial charge on any atom is -0.305 e. The van der Waals surface area contributed by atoms with Crippen molar-refractivity contribution in [2.75, 3.05) is 13.6 Å². The zero-order valence-corrected chi connectivity index (χ0v) is 5.41. The topological polar surface area (TPSA) is 24.1 Å². The molecule has 1 atom stereocenters. The molecule has 0 aliphatic carbocycles. The number of rotatable bonds is 1. The molecular formula is C6H14N2. The molecule has 1 rings (SSSR count). The molecule has 1 heterocycles. The summed E-state index contributed by atoms with van der Waals surface area (Å²) < 4.78 is 0. The molecule has 1 saturated heterocycles. The summed E-state index contributed by atoms with van der Waals surface area (Å²) in [6.45, 7) is 1.19. The van der Waals surface area contributed by atoms with Gasteiger partial charge in [0.2, 0.25) is 0 Å². The van der Waals surface area contributed by atoms with E-state index in [0.717, 1.165) is 0 Å². The second-order valence-electron chi connectivity index (χ2n) is 2.29. The fourth-order valence-corrected chi connectivity index (χ4v) is 1.10. The van der Waals surface area contributed by atoms with E-state index in [4.69, 9.17) is 0 Å². The molecule has 0 spiro atoms. The average molecular weight is 114 g/mol. The molecule has 0 aromatic heterocycles. The molecule has 0 radical (unpaired) electrons. The van der Waals surface area contributed by atoms with Gasteiger partial charge in [0.25, 0.3) is 0 Å². The molecule has 1 aliphatic rings. The van der Waals surface area contributed by atoms with E-state index in [1.54, 1.807) is 0 Å². The van der Waals surface area contributed by atoms with Crippen molar-refractivity contribution in [3.8, 4) is 0 Å². The predicted molar refractivity (Wildman–Crippen MR) is 34.7 cm³/mol. The minimum absolute atomic E-state index is 0.587. The Kier molecular flexibility index (Phi) is 2.30. The maximum Gasteiger partial charge on any atom is 0.0569 e. The summed E-state index contributed by atoms with van der Waals surface area (Å²) >= 11 is 0. The Morgan fingerprint density at radius 1 is 1.50 bits per heavy atom. The standard InChI is InChI=1S/C6H14N2/c1-7-6-4-2-3-5-8-6/h6-8H,2-5H2,1H3. The first kappa shape index (κ1) is 6.05. The van der Waals surface area contributed by atoms with Gasteiger partial charge in [-0.25, -0.2) is 0 Å². The molecule has 0 amide bonds. The molecular weight excluding hydrogens is 100 g/mol. The van der Waals surface area contributed by atoms with E-state index in [1.165, 1.54) is 25.8 Å². The number of nitrogens with one attached hydrogen (secondary N) is 2. The lowest BCUT2D eigenvalue weighted by Crippen LogP contribution is -2.43. The SMILES string of the molecule is CNC1CCCCN1. The van der Waals surface area contributed by atoms with Gasteiger partial charge < -0.3 is 10.6 Å². The summed E-state index contributed by atoms with van der Waals surface area (Å²) in [6.07, 6.45) is 4.59.